The van der Waals surface area contributed by atoms with Crippen molar-refractivity contribution in [2.24, 2.45) is 10.9 Å². The quantitative estimate of drug-likeness (QED) is 0.430. The number of piperidine rings is 1. The van der Waals surface area contributed by atoms with Crippen LogP contribution in [0.5, 0.6) is 0 Å². The van der Waals surface area contributed by atoms with Crippen molar-refractivity contribution in [1.29, 1.82) is 0 Å². The van der Waals surface area contributed by atoms with Crippen LogP contribution in [-0.2, 0) is 11.3 Å². The normalized spacial score (nSPS) is 16.1. The van der Waals surface area contributed by atoms with Crippen LogP contribution < -0.4 is 15.5 Å². The minimum atomic E-state index is 0.619. The largest absolute Gasteiger partial charge is 0.380 e. The second kappa shape index (κ2) is 10.9. The molecule has 1 fully saturated rings. The van der Waals surface area contributed by atoms with Crippen LogP contribution in [0, 0.1) is 5.92 Å². The van der Waals surface area contributed by atoms with E-state index in [1.807, 2.05) is 13.1 Å². The summed E-state index contributed by atoms with van der Waals surface area (Å²) in [6.45, 7) is 12.3. The molecule has 140 valence electrons. The molecule has 1 aromatic heterocycles. The molecule has 1 aliphatic rings. The van der Waals surface area contributed by atoms with Gasteiger partial charge in [0.05, 0.1) is 13.2 Å². The fourth-order valence-corrected chi connectivity index (χ4v) is 2.83. The Morgan fingerprint density at radius 1 is 1.28 bits per heavy atom. The Bertz CT molecular complexity index is 509. The summed E-state index contributed by atoms with van der Waals surface area (Å²) in [6.07, 6.45) is 4.46. The Kier molecular flexibility index (Phi) is 8.52. The van der Waals surface area contributed by atoms with Crippen molar-refractivity contribution < 1.29 is 4.74 Å². The van der Waals surface area contributed by atoms with E-state index in [2.05, 4.69) is 51.5 Å². The van der Waals surface area contributed by atoms with E-state index in [0.29, 0.717) is 13.2 Å². The van der Waals surface area contributed by atoms with Gasteiger partial charge in [0.15, 0.2) is 5.96 Å². The van der Waals surface area contributed by atoms with E-state index in [0.717, 1.165) is 56.0 Å². The molecule has 0 radical (unpaired) electrons. The molecule has 6 heteroatoms. The molecule has 2 rings (SSSR count). The van der Waals surface area contributed by atoms with Gasteiger partial charge in [0.1, 0.15) is 5.82 Å². The van der Waals surface area contributed by atoms with Gasteiger partial charge in [-0.3, -0.25) is 0 Å². The topological polar surface area (TPSA) is 61.8 Å². The molecule has 25 heavy (non-hydrogen) atoms. The zero-order valence-corrected chi connectivity index (χ0v) is 15.9. The monoisotopic (exact) mass is 347 g/mol. The Hall–Kier alpha value is -1.82. The zero-order chi connectivity index (χ0) is 17.9. The molecule has 0 atom stereocenters. The first-order valence-electron chi connectivity index (χ1n) is 9.52. The molecule has 0 aromatic carbocycles. The Labute approximate surface area is 152 Å². The maximum atomic E-state index is 5.34. The highest BCUT2D eigenvalue weighted by Gasteiger charge is 2.16. The van der Waals surface area contributed by atoms with Crippen LogP contribution in [0.25, 0.3) is 0 Å². The predicted octanol–water partition coefficient (Wildman–Crippen LogP) is 2.41. The molecular formula is C19H33N5O. The third kappa shape index (κ3) is 6.90. The number of aliphatic imine (C=N–C) groups is 1. The maximum Gasteiger partial charge on any atom is 0.191 e. The second-order valence-electron chi connectivity index (χ2n) is 6.51. The fourth-order valence-electron chi connectivity index (χ4n) is 2.83. The van der Waals surface area contributed by atoms with Gasteiger partial charge in [-0.15, -0.1) is 0 Å². The molecule has 0 bridgehead atoms. The molecule has 1 aromatic rings. The molecule has 2 N–H and O–H groups in total. The lowest BCUT2D eigenvalue weighted by atomic mass is 9.99. The van der Waals surface area contributed by atoms with E-state index in [4.69, 9.17) is 4.74 Å². The number of hydrogen-bond donors (Lipinski definition) is 2. The van der Waals surface area contributed by atoms with E-state index in [-0.39, 0.29) is 0 Å². The minimum Gasteiger partial charge on any atom is -0.380 e. The second-order valence-corrected chi connectivity index (χ2v) is 6.51. The van der Waals surface area contributed by atoms with Crippen LogP contribution in [0.4, 0.5) is 5.82 Å². The van der Waals surface area contributed by atoms with Gasteiger partial charge in [-0.2, -0.15) is 0 Å². The molecule has 0 saturated carbocycles. The number of aromatic nitrogens is 1. The molecule has 2 heterocycles. The van der Waals surface area contributed by atoms with Crippen molar-refractivity contribution in [3.63, 3.8) is 0 Å². The highest BCUT2D eigenvalue weighted by atomic mass is 16.5. The summed E-state index contributed by atoms with van der Waals surface area (Å²) in [6, 6.07) is 4.25. The summed E-state index contributed by atoms with van der Waals surface area (Å²) in [7, 11) is 0. The van der Waals surface area contributed by atoms with Crippen molar-refractivity contribution >= 4 is 11.8 Å². The first-order chi connectivity index (χ1) is 12.2. The van der Waals surface area contributed by atoms with Crippen LogP contribution in [0.1, 0.15) is 39.2 Å². The first-order valence-corrected chi connectivity index (χ1v) is 9.52. The average molecular weight is 348 g/mol. The van der Waals surface area contributed by atoms with E-state index in [9.17, 15) is 0 Å². The lowest BCUT2D eigenvalue weighted by molar-refractivity contribution is 0.152. The summed E-state index contributed by atoms with van der Waals surface area (Å²) in [5, 5.41) is 6.53. The lowest BCUT2D eigenvalue weighted by Crippen LogP contribution is -2.39. The van der Waals surface area contributed by atoms with E-state index in [1.54, 1.807) is 0 Å². The van der Waals surface area contributed by atoms with Crippen molar-refractivity contribution in [3.05, 3.63) is 23.9 Å². The fraction of sp³-hybridized carbons (Fsp3) is 0.684. The van der Waals surface area contributed by atoms with E-state index >= 15 is 0 Å². The van der Waals surface area contributed by atoms with Crippen LogP contribution in [-0.4, -0.2) is 50.3 Å². The van der Waals surface area contributed by atoms with Crippen molar-refractivity contribution in [2.75, 3.05) is 44.3 Å². The molecule has 0 amide bonds. The summed E-state index contributed by atoms with van der Waals surface area (Å²) >= 11 is 0. The predicted molar refractivity (Wildman–Crippen MR) is 104 cm³/mol. The summed E-state index contributed by atoms with van der Waals surface area (Å²) < 4.78 is 5.34. The standard InChI is InChI=1S/C19H33N5O/c1-4-20-19(21-10-13-25-5-2)23-15-17-6-7-18(22-14-17)24-11-8-16(3)9-12-24/h6-7,14,16H,4-5,8-13,15H2,1-3H3,(H2,20,21,23). The molecule has 0 unspecified atom stereocenters. The molecule has 0 aliphatic carbocycles. The van der Waals surface area contributed by atoms with Crippen LogP contribution in [0.15, 0.2) is 23.3 Å². The number of nitrogens with zero attached hydrogens (tertiary/aromatic N) is 3. The Morgan fingerprint density at radius 2 is 2.08 bits per heavy atom. The van der Waals surface area contributed by atoms with Crippen LogP contribution in [0.2, 0.25) is 0 Å². The van der Waals surface area contributed by atoms with E-state index in [1.165, 1.54) is 12.8 Å². The van der Waals surface area contributed by atoms with Gasteiger partial charge in [0, 0.05) is 39.0 Å². The number of guanidine groups is 1. The number of hydrogen-bond acceptors (Lipinski definition) is 4. The third-order valence-corrected chi connectivity index (χ3v) is 4.42. The Morgan fingerprint density at radius 3 is 2.72 bits per heavy atom. The van der Waals surface area contributed by atoms with Crippen molar-refractivity contribution in [2.45, 2.75) is 40.2 Å². The van der Waals surface area contributed by atoms with Gasteiger partial charge in [0.25, 0.3) is 0 Å². The van der Waals surface area contributed by atoms with Crippen molar-refractivity contribution in [3.8, 4) is 0 Å². The number of ether oxygens (including phenoxy) is 1. The molecule has 6 nitrogen and oxygen atoms in total. The van der Waals surface area contributed by atoms with Crippen LogP contribution >= 0.6 is 0 Å². The van der Waals surface area contributed by atoms with Crippen LogP contribution in [0.3, 0.4) is 0 Å². The Balaban J connectivity index is 1.85. The molecule has 1 aliphatic heterocycles. The van der Waals surface area contributed by atoms with Crippen molar-refractivity contribution in [1.82, 2.24) is 15.6 Å². The number of nitrogens with one attached hydrogen (secondary N) is 2. The number of anilines is 1. The third-order valence-electron chi connectivity index (χ3n) is 4.42. The van der Waals surface area contributed by atoms with Gasteiger partial charge >= 0.3 is 0 Å². The molecular weight excluding hydrogens is 314 g/mol. The van der Waals surface area contributed by atoms with Gasteiger partial charge < -0.3 is 20.3 Å². The first kappa shape index (κ1) is 19.5. The molecule has 1 saturated heterocycles. The lowest BCUT2D eigenvalue weighted by Gasteiger charge is -2.31. The van der Waals surface area contributed by atoms with Gasteiger partial charge in [-0.25, -0.2) is 9.98 Å². The molecule has 0 spiro atoms. The zero-order valence-electron chi connectivity index (χ0n) is 15.9. The number of pyridine rings is 1. The van der Waals surface area contributed by atoms with E-state index < -0.39 is 0 Å². The van der Waals surface area contributed by atoms with Gasteiger partial charge in [-0.05, 0) is 44.2 Å². The summed E-state index contributed by atoms with van der Waals surface area (Å²) in [4.78, 5) is 11.6. The SMILES string of the molecule is CCNC(=NCc1ccc(N2CCC(C)CC2)nc1)NCCOCC. The van der Waals surface area contributed by atoms with Gasteiger partial charge in [-0.1, -0.05) is 13.0 Å². The summed E-state index contributed by atoms with van der Waals surface area (Å²) in [5.41, 5.74) is 1.12. The number of rotatable bonds is 8. The summed E-state index contributed by atoms with van der Waals surface area (Å²) in [5.74, 6) is 2.74. The van der Waals surface area contributed by atoms with Gasteiger partial charge in [0.2, 0.25) is 0 Å². The smallest absolute Gasteiger partial charge is 0.191 e. The highest BCUT2D eigenvalue weighted by Crippen LogP contribution is 2.21. The minimum absolute atomic E-state index is 0.619. The highest BCUT2D eigenvalue weighted by molar-refractivity contribution is 5.79. The maximum absolute atomic E-state index is 5.34. The average Bonchev–Trinajstić information content (AvgIpc) is 2.64.